The topological polar surface area (TPSA) is 93.4 Å². The van der Waals surface area contributed by atoms with Gasteiger partial charge in [-0.15, -0.1) is 10.2 Å². The number of carbonyl (C=O) groups excluding carboxylic acids is 1. The fourth-order valence-corrected chi connectivity index (χ4v) is 5.91. The largest absolute Gasteiger partial charge is 0.411 e. The standard InChI is InChI=1S/C21H20ClN3O4S2/c22-17-8-6-16(7-9-17)20-23-24-21(29-20)30-13-19(26)25(12-15-4-2-1-3-5-15)18-10-11-31(27,28)14-18/h1-9,18H,10-14H2/t18-/m1/s1. The predicted molar refractivity (Wildman–Crippen MR) is 120 cm³/mol. The molecule has 0 unspecified atom stereocenters. The Morgan fingerprint density at radius 3 is 2.55 bits per heavy atom. The van der Waals surface area contributed by atoms with E-state index in [9.17, 15) is 13.2 Å². The molecule has 0 N–H and O–H groups in total. The van der Waals surface area contributed by atoms with Crippen molar-refractivity contribution in [2.24, 2.45) is 0 Å². The lowest BCUT2D eigenvalue weighted by molar-refractivity contribution is -0.130. The minimum atomic E-state index is -3.11. The number of amides is 1. The molecular formula is C21H20ClN3O4S2. The van der Waals surface area contributed by atoms with E-state index in [0.29, 0.717) is 23.9 Å². The molecule has 1 aliphatic rings. The minimum Gasteiger partial charge on any atom is -0.411 e. The number of benzene rings is 2. The maximum atomic E-state index is 13.0. The first-order chi connectivity index (χ1) is 14.9. The van der Waals surface area contributed by atoms with Gasteiger partial charge in [0, 0.05) is 23.2 Å². The Morgan fingerprint density at radius 2 is 1.87 bits per heavy atom. The Hall–Kier alpha value is -2.36. The van der Waals surface area contributed by atoms with Gasteiger partial charge in [-0.05, 0) is 36.2 Å². The molecule has 0 bridgehead atoms. The van der Waals surface area contributed by atoms with E-state index in [-0.39, 0.29) is 34.4 Å². The van der Waals surface area contributed by atoms with Crippen molar-refractivity contribution < 1.29 is 17.6 Å². The minimum absolute atomic E-state index is 0.00247. The first kappa shape index (κ1) is 21.9. The second kappa shape index (κ2) is 9.42. The van der Waals surface area contributed by atoms with Crippen molar-refractivity contribution in [1.29, 1.82) is 0 Å². The molecule has 0 saturated carbocycles. The van der Waals surface area contributed by atoms with Crippen LogP contribution in [0.4, 0.5) is 0 Å². The molecule has 0 radical (unpaired) electrons. The number of rotatable bonds is 7. The molecule has 1 aliphatic heterocycles. The van der Waals surface area contributed by atoms with Crippen molar-refractivity contribution in [3.63, 3.8) is 0 Å². The zero-order valence-electron chi connectivity index (χ0n) is 16.5. The monoisotopic (exact) mass is 477 g/mol. The molecule has 0 spiro atoms. The lowest BCUT2D eigenvalue weighted by atomic mass is 10.1. The molecule has 1 fully saturated rings. The number of sulfone groups is 1. The van der Waals surface area contributed by atoms with Crippen LogP contribution < -0.4 is 0 Å². The molecule has 162 valence electrons. The molecule has 2 aromatic carbocycles. The SMILES string of the molecule is O=C(CSc1nnc(-c2ccc(Cl)cc2)o1)N(Cc1ccccc1)[C@@H]1CCS(=O)(=O)C1. The lowest BCUT2D eigenvalue weighted by Crippen LogP contribution is -2.41. The van der Waals surface area contributed by atoms with Crippen LogP contribution in [0.25, 0.3) is 11.5 Å². The van der Waals surface area contributed by atoms with Crippen molar-refractivity contribution in [3.8, 4) is 11.5 Å². The second-order valence-corrected chi connectivity index (χ2v) is 10.8. The fraction of sp³-hybridized carbons (Fsp3) is 0.286. The van der Waals surface area contributed by atoms with Gasteiger partial charge in [-0.3, -0.25) is 4.79 Å². The van der Waals surface area contributed by atoms with Crippen LogP contribution >= 0.6 is 23.4 Å². The van der Waals surface area contributed by atoms with E-state index in [1.807, 2.05) is 30.3 Å². The smallest absolute Gasteiger partial charge is 0.277 e. The van der Waals surface area contributed by atoms with Crippen molar-refractivity contribution in [3.05, 3.63) is 65.2 Å². The molecule has 0 aliphatic carbocycles. The number of carbonyl (C=O) groups is 1. The van der Waals surface area contributed by atoms with E-state index in [1.165, 1.54) is 0 Å². The highest BCUT2D eigenvalue weighted by Gasteiger charge is 2.34. The number of thioether (sulfide) groups is 1. The first-order valence-corrected chi connectivity index (χ1v) is 12.8. The number of hydrogen-bond acceptors (Lipinski definition) is 7. The summed E-state index contributed by atoms with van der Waals surface area (Å²) in [4.78, 5) is 14.7. The third kappa shape index (κ3) is 5.66. The quantitative estimate of drug-likeness (QED) is 0.479. The van der Waals surface area contributed by atoms with Gasteiger partial charge in [0.25, 0.3) is 5.22 Å². The van der Waals surface area contributed by atoms with Crippen molar-refractivity contribution in [2.75, 3.05) is 17.3 Å². The predicted octanol–water partition coefficient (Wildman–Crippen LogP) is 3.70. The molecule has 31 heavy (non-hydrogen) atoms. The summed E-state index contributed by atoms with van der Waals surface area (Å²) >= 11 is 7.04. The molecule has 1 amide bonds. The van der Waals surface area contributed by atoms with Gasteiger partial charge >= 0.3 is 0 Å². The Kier molecular flexibility index (Phi) is 6.64. The van der Waals surface area contributed by atoms with Crippen molar-refractivity contribution in [1.82, 2.24) is 15.1 Å². The summed E-state index contributed by atoms with van der Waals surface area (Å²) in [5.41, 5.74) is 1.69. The zero-order valence-corrected chi connectivity index (χ0v) is 18.9. The summed E-state index contributed by atoms with van der Waals surface area (Å²) in [7, 11) is -3.11. The summed E-state index contributed by atoms with van der Waals surface area (Å²) in [5, 5.41) is 8.90. The number of halogens is 1. The van der Waals surface area contributed by atoms with E-state index in [2.05, 4.69) is 10.2 Å². The summed E-state index contributed by atoms with van der Waals surface area (Å²) in [6, 6.07) is 16.2. The molecule has 1 atom stereocenters. The highest BCUT2D eigenvalue weighted by molar-refractivity contribution is 7.99. The molecule has 1 saturated heterocycles. The van der Waals surface area contributed by atoms with E-state index >= 15 is 0 Å². The maximum absolute atomic E-state index is 13.0. The van der Waals surface area contributed by atoms with Crippen LogP contribution in [0.5, 0.6) is 0 Å². The molecule has 2 heterocycles. The molecule has 7 nitrogen and oxygen atoms in total. The highest BCUT2D eigenvalue weighted by atomic mass is 35.5. The molecule has 10 heteroatoms. The van der Waals surface area contributed by atoms with Gasteiger partial charge in [0.2, 0.25) is 11.8 Å². The van der Waals surface area contributed by atoms with Crippen LogP contribution in [-0.4, -0.2) is 52.7 Å². The summed E-state index contributed by atoms with van der Waals surface area (Å²) in [6.07, 6.45) is 0.451. The summed E-state index contributed by atoms with van der Waals surface area (Å²) in [5.74, 6) is 0.359. The van der Waals surface area contributed by atoms with E-state index in [1.54, 1.807) is 29.2 Å². The van der Waals surface area contributed by atoms with Crippen LogP contribution in [0.15, 0.2) is 64.2 Å². The van der Waals surface area contributed by atoms with Crippen LogP contribution in [0, 0.1) is 0 Å². The Morgan fingerprint density at radius 1 is 1.13 bits per heavy atom. The van der Waals surface area contributed by atoms with Gasteiger partial charge < -0.3 is 9.32 Å². The van der Waals surface area contributed by atoms with Gasteiger partial charge in [-0.1, -0.05) is 53.7 Å². The van der Waals surface area contributed by atoms with E-state index < -0.39 is 9.84 Å². The summed E-state index contributed by atoms with van der Waals surface area (Å²) < 4.78 is 29.6. The normalized spacial score (nSPS) is 17.5. The van der Waals surface area contributed by atoms with Gasteiger partial charge in [0.1, 0.15) is 0 Å². The fourth-order valence-electron chi connectivity index (χ4n) is 3.41. The van der Waals surface area contributed by atoms with E-state index in [0.717, 1.165) is 22.9 Å². The Labute approximate surface area is 189 Å². The van der Waals surface area contributed by atoms with Crippen molar-refractivity contribution in [2.45, 2.75) is 24.2 Å². The second-order valence-electron chi connectivity index (χ2n) is 7.23. The average Bonchev–Trinajstić information content (AvgIpc) is 3.38. The number of hydrogen-bond donors (Lipinski definition) is 0. The number of aromatic nitrogens is 2. The third-order valence-electron chi connectivity index (χ3n) is 4.98. The van der Waals surface area contributed by atoms with Crippen LogP contribution in [0.1, 0.15) is 12.0 Å². The Bertz CT molecular complexity index is 1150. The molecular weight excluding hydrogens is 458 g/mol. The van der Waals surface area contributed by atoms with Gasteiger partial charge in [0.05, 0.1) is 17.3 Å². The van der Waals surface area contributed by atoms with Gasteiger partial charge in [0.15, 0.2) is 9.84 Å². The Balaban J connectivity index is 1.44. The van der Waals surface area contributed by atoms with E-state index in [4.69, 9.17) is 16.0 Å². The third-order valence-corrected chi connectivity index (χ3v) is 7.79. The number of nitrogens with zero attached hydrogens (tertiary/aromatic N) is 3. The van der Waals surface area contributed by atoms with Gasteiger partial charge in [-0.2, -0.15) is 0 Å². The maximum Gasteiger partial charge on any atom is 0.277 e. The molecule has 1 aromatic heterocycles. The van der Waals surface area contributed by atoms with Crippen LogP contribution in [-0.2, 0) is 21.2 Å². The molecule has 3 aromatic rings. The van der Waals surface area contributed by atoms with Crippen LogP contribution in [0.2, 0.25) is 5.02 Å². The lowest BCUT2D eigenvalue weighted by Gasteiger charge is -2.28. The van der Waals surface area contributed by atoms with Crippen LogP contribution in [0.3, 0.4) is 0 Å². The highest BCUT2D eigenvalue weighted by Crippen LogP contribution is 2.26. The van der Waals surface area contributed by atoms with Gasteiger partial charge in [-0.25, -0.2) is 8.42 Å². The molecule has 4 rings (SSSR count). The first-order valence-electron chi connectivity index (χ1n) is 9.66. The zero-order chi connectivity index (χ0) is 21.8. The van der Waals surface area contributed by atoms with Crippen molar-refractivity contribution >= 4 is 39.1 Å². The average molecular weight is 478 g/mol. The summed E-state index contributed by atoms with van der Waals surface area (Å²) in [6.45, 7) is 0.361.